The van der Waals surface area contributed by atoms with Crippen LogP contribution in [-0.2, 0) is 0 Å². The number of hydrogen-bond donors (Lipinski definition) is 1. The summed E-state index contributed by atoms with van der Waals surface area (Å²) in [5, 5.41) is 19.9. The molecule has 0 radical (unpaired) electrons. The molecular formula is C11H15NO3. The molecule has 0 spiro atoms. The Hall–Kier alpha value is -1.58. The topological polar surface area (TPSA) is 63.4 Å². The van der Waals surface area contributed by atoms with Gasteiger partial charge in [0.15, 0.2) is 0 Å². The number of phenolic OH excluding ortho intramolecular Hbond substituents is 1. The third-order valence-corrected chi connectivity index (χ3v) is 2.69. The Morgan fingerprint density at radius 2 is 1.93 bits per heavy atom. The first-order valence-electron chi connectivity index (χ1n) is 4.98. The van der Waals surface area contributed by atoms with Crippen molar-refractivity contribution in [3.8, 4) is 5.75 Å². The minimum absolute atomic E-state index is 0.134. The molecule has 0 saturated heterocycles. The molecule has 4 heteroatoms. The first-order chi connectivity index (χ1) is 7.06. The fraction of sp³-hybridized carbons (Fsp3) is 0.455. The van der Waals surface area contributed by atoms with Crippen molar-refractivity contribution in [2.45, 2.75) is 32.2 Å². The van der Waals surface area contributed by atoms with Crippen LogP contribution in [0, 0.1) is 10.1 Å². The number of phenols is 1. The number of rotatable bonds is 4. The third kappa shape index (κ3) is 2.68. The van der Waals surface area contributed by atoms with Crippen LogP contribution in [0.2, 0.25) is 0 Å². The summed E-state index contributed by atoms with van der Waals surface area (Å²) in [7, 11) is 0. The minimum Gasteiger partial charge on any atom is -0.508 e. The molecule has 1 N–H and O–H groups in total. The van der Waals surface area contributed by atoms with Gasteiger partial charge in [0.05, 0.1) is 0 Å². The predicted molar refractivity (Wildman–Crippen MR) is 57.6 cm³/mol. The lowest BCUT2D eigenvalue weighted by Crippen LogP contribution is -2.24. The second-order valence-electron chi connectivity index (χ2n) is 3.64. The summed E-state index contributed by atoms with van der Waals surface area (Å²) < 4.78 is 0. The Labute approximate surface area is 88.7 Å². The monoisotopic (exact) mass is 209 g/mol. The van der Waals surface area contributed by atoms with Gasteiger partial charge in [0.25, 0.3) is 0 Å². The van der Waals surface area contributed by atoms with E-state index in [0.29, 0.717) is 6.42 Å². The molecule has 2 atom stereocenters. The van der Waals surface area contributed by atoms with Crippen molar-refractivity contribution in [1.82, 2.24) is 0 Å². The molecule has 0 aromatic heterocycles. The highest BCUT2D eigenvalue weighted by Crippen LogP contribution is 2.24. The SMILES string of the molecule is CCC(C(C)c1ccc(O)cc1)[N+](=O)[O-]. The minimum atomic E-state index is -0.561. The summed E-state index contributed by atoms with van der Waals surface area (Å²) in [6.07, 6.45) is 0.509. The van der Waals surface area contributed by atoms with Gasteiger partial charge in [-0.2, -0.15) is 0 Å². The lowest BCUT2D eigenvalue weighted by molar-refractivity contribution is -0.526. The zero-order valence-electron chi connectivity index (χ0n) is 8.88. The Balaban J connectivity index is 2.87. The van der Waals surface area contributed by atoms with Crippen molar-refractivity contribution in [2.75, 3.05) is 0 Å². The Kier molecular flexibility index (Phi) is 3.66. The van der Waals surface area contributed by atoms with Gasteiger partial charge >= 0.3 is 0 Å². The van der Waals surface area contributed by atoms with Crippen LogP contribution in [0.25, 0.3) is 0 Å². The highest BCUT2D eigenvalue weighted by atomic mass is 16.6. The average molecular weight is 209 g/mol. The van der Waals surface area contributed by atoms with Crippen molar-refractivity contribution in [2.24, 2.45) is 0 Å². The second-order valence-corrected chi connectivity index (χ2v) is 3.64. The zero-order chi connectivity index (χ0) is 11.4. The number of benzene rings is 1. The molecule has 15 heavy (non-hydrogen) atoms. The van der Waals surface area contributed by atoms with Gasteiger partial charge < -0.3 is 5.11 Å². The Bertz CT molecular complexity index is 334. The average Bonchev–Trinajstić information content (AvgIpc) is 2.19. The lowest BCUT2D eigenvalue weighted by atomic mass is 9.92. The molecule has 2 unspecified atom stereocenters. The summed E-state index contributed by atoms with van der Waals surface area (Å²) in [5.41, 5.74) is 0.886. The summed E-state index contributed by atoms with van der Waals surface area (Å²) in [5.74, 6) is 0.0469. The highest BCUT2D eigenvalue weighted by Gasteiger charge is 2.26. The molecule has 82 valence electrons. The summed E-state index contributed by atoms with van der Waals surface area (Å²) in [6, 6.07) is 6.00. The number of nitro groups is 1. The van der Waals surface area contributed by atoms with Gasteiger partial charge in [0.2, 0.25) is 6.04 Å². The molecule has 0 aliphatic rings. The quantitative estimate of drug-likeness (QED) is 0.612. The zero-order valence-corrected chi connectivity index (χ0v) is 8.88. The first kappa shape index (κ1) is 11.5. The Morgan fingerprint density at radius 3 is 2.33 bits per heavy atom. The molecule has 0 aliphatic heterocycles. The van der Waals surface area contributed by atoms with E-state index >= 15 is 0 Å². The van der Waals surface area contributed by atoms with Crippen molar-refractivity contribution in [3.63, 3.8) is 0 Å². The van der Waals surface area contributed by atoms with Gasteiger partial charge in [-0.25, -0.2) is 0 Å². The first-order valence-corrected chi connectivity index (χ1v) is 4.98. The standard InChI is InChI=1S/C11H15NO3/c1-3-11(12(14)15)8(2)9-4-6-10(13)7-5-9/h4-8,11,13H,3H2,1-2H3. The molecule has 1 aromatic rings. The van der Waals surface area contributed by atoms with Gasteiger partial charge in [-0.3, -0.25) is 10.1 Å². The van der Waals surface area contributed by atoms with Crippen molar-refractivity contribution in [1.29, 1.82) is 0 Å². The van der Waals surface area contributed by atoms with E-state index in [2.05, 4.69) is 0 Å². The van der Waals surface area contributed by atoms with Gasteiger partial charge in [-0.1, -0.05) is 26.0 Å². The van der Waals surface area contributed by atoms with E-state index in [1.54, 1.807) is 24.3 Å². The number of hydrogen-bond acceptors (Lipinski definition) is 3. The lowest BCUT2D eigenvalue weighted by Gasteiger charge is -2.15. The predicted octanol–water partition coefficient (Wildman–Crippen LogP) is 2.55. The van der Waals surface area contributed by atoms with Gasteiger partial charge in [0, 0.05) is 17.3 Å². The second kappa shape index (κ2) is 4.77. The Morgan fingerprint density at radius 1 is 1.40 bits per heavy atom. The normalized spacial score (nSPS) is 14.5. The van der Waals surface area contributed by atoms with Crippen LogP contribution in [0.1, 0.15) is 31.7 Å². The fourth-order valence-corrected chi connectivity index (χ4v) is 1.69. The van der Waals surface area contributed by atoms with Crippen LogP contribution >= 0.6 is 0 Å². The summed E-state index contributed by atoms with van der Waals surface area (Å²) in [4.78, 5) is 10.5. The van der Waals surface area contributed by atoms with E-state index in [1.807, 2.05) is 13.8 Å². The molecule has 0 bridgehead atoms. The van der Waals surface area contributed by atoms with E-state index in [4.69, 9.17) is 5.11 Å². The van der Waals surface area contributed by atoms with Crippen LogP contribution in [0.15, 0.2) is 24.3 Å². The molecule has 0 saturated carbocycles. The molecule has 4 nitrogen and oxygen atoms in total. The maximum absolute atomic E-state index is 10.8. The molecule has 0 aliphatic carbocycles. The van der Waals surface area contributed by atoms with Gasteiger partial charge in [-0.15, -0.1) is 0 Å². The van der Waals surface area contributed by atoms with Crippen LogP contribution in [0.5, 0.6) is 5.75 Å². The van der Waals surface area contributed by atoms with E-state index in [1.165, 1.54) is 0 Å². The van der Waals surface area contributed by atoms with Gasteiger partial charge in [-0.05, 0) is 17.7 Å². The summed E-state index contributed by atoms with van der Waals surface area (Å²) >= 11 is 0. The third-order valence-electron chi connectivity index (χ3n) is 2.69. The fourth-order valence-electron chi connectivity index (χ4n) is 1.69. The molecular weight excluding hydrogens is 194 g/mol. The van der Waals surface area contributed by atoms with Crippen LogP contribution in [-0.4, -0.2) is 16.1 Å². The van der Waals surface area contributed by atoms with Crippen molar-refractivity contribution < 1.29 is 10.0 Å². The molecule has 1 rings (SSSR count). The van der Waals surface area contributed by atoms with Crippen LogP contribution < -0.4 is 0 Å². The van der Waals surface area contributed by atoms with Crippen LogP contribution in [0.3, 0.4) is 0 Å². The van der Waals surface area contributed by atoms with E-state index in [9.17, 15) is 10.1 Å². The number of aromatic hydroxyl groups is 1. The molecule has 0 fully saturated rings. The van der Waals surface area contributed by atoms with E-state index < -0.39 is 6.04 Å². The largest absolute Gasteiger partial charge is 0.508 e. The van der Waals surface area contributed by atoms with Crippen molar-refractivity contribution >= 4 is 0 Å². The molecule has 0 heterocycles. The molecule has 0 amide bonds. The van der Waals surface area contributed by atoms with E-state index in [-0.39, 0.29) is 16.6 Å². The van der Waals surface area contributed by atoms with Gasteiger partial charge in [0.1, 0.15) is 5.75 Å². The number of nitrogens with zero attached hydrogens (tertiary/aromatic N) is 1. The maximum atomic E-state index is 10.8. The van der Waals surface area contributed by atoms with E-state index in [0.717, 1.165) is 5.56 Å². The van der Waals surface area contributed by atoms with Crippen molar-refractivity contribution in [3.05, 3.63) is 39.9 Å². The van der Waals surface area contributed by atoms with Crippen LogP contribution in [0.4, 0.5) is 0 Å². The summed E-state index contributed by atoms with van der Waals surface area (Å²) in [6.45, 7) is 3.65. The molecule has 1 aromatic carbocycles. The highest BCUT2D eigenvalue weighted by molar-refractivity contribution is 5.28. The maximum Gasteiger partial charge on any atom is 0.219 e. The smallest absolute Gasteiger partial charge is 0.219 e.